The lowest BCUT2D eigenvalue weighted by Crippen LogP contribution is -2.37. The maximum atomic E-state index is 14.7. The molecule has 8 heteroatoms. The van der Waals surface area contributed by atoms with Crippen LogP contribution in [-0.2, 0) is 12.8 Å². The van der Waals surface area contributed by atoms with Gasteiger partial charge in [0, 0.05) is 22.1 Å². The predicted octanol–water partition coefficient (Wildman–Crippen LogP) is 5.23. The van der Waals surface area contributed by atoms with Crippen LogP contribution < -0.4 is 21.1 Å². The van der Waals surface area contributed by atoms with Crippen LogP contribution in [0.1, 0.15) is 61.0 Å². The zero-order valence-corrected chi connectivity index (χ0v) is 22.6. The van der Waals surface area contributed by atoms with Crippen molar-refractivity contribution in [2.75, 3.05) is 26.7 Å². The number of nitrogens with two attached hydrogens (primary N) is 1. The Morgan fingerprint density at radius 1 is 1.20 bits per heavy atom. The lowest BCUT2D eigenvalue weighted by Gasteiger charge is -2.13. The van der Waals surface area contributed by atoms with Gasteiger partial charge in [-0.1, -0.05) is 42.3 Å². The van der Waals surface area contributed by atoms with Crippen molar-refractivity contribution >= 4 is 27.8 Å². The van der Waals surface area contributed by atoms with E-state index >= 15 is 0 Å². The summed E-state index contributed by atoms with van der Waals surface area (Å²) in [6, 6.07) is 10.2. The van der Waals surface area contributed by atoms with Crippen LogP contribution in [0.4, 0.5) is 4.39 Å². The molecule has 2 rings (SSSR count). The molecule has 2 aromatic rings. The molecular weight excluding hydrogens is 511 g/mol. The minimum absolute atomic E-state index is 0.0450. The number of ether oxygens (including phenoxy) is 1. The van der Waals surface area contributed by atoms with Crippen LogP contribution in [0, 0.1) is 11.7 Å². The minimum atomic E-state index is -0.464. The van der Waals surface area contributed by atoms with E-state index in [-0.39, 0.29) is 11.5 Å². The van der Waals surface area contributed by atoms with Crippen molar-refractivity contribution in [2.45, 2.75) is 52.4 Å². The molecule has 35 heavy (non-hydrogen) atoms. The second-order valence-electron chi connectivity index (χ2n) is 8.70. The van der Waals surface area contributed by atoms with Crippen molar-refractivity contribution in [1.29, 1.82) is 0 Å². The number of hydrogen-bond donors (Lipinski definition) is 3. The van der Waals surface area contributed by atoms with E-state index in [1.54, 1.807) is 13.2 Å². The maximum absolute atomic E-state index is 14.7. The van der Waals surface area contributed by atoms with Crippen LogP contribution in [-0.4, -0.2) is 38.6 Å². The van der Waals surface area contributed by atoms with Gasteiger partial charge < -0.3 is 15.8 Å². The molecule has 0 saturated carbocycles. The summed E-state index contributed by atoms with van der Waals surface area (Å²) in [4.78, 5) is 17.1. The van der Waals surface area contributed by atoms with E-state index in [9.17, 15) is 9.18 Å². The Labute approximate surface area is 217 Å². The molecule has 0 spiro atoms. The number of nitrogens with zero attached hydrogens (tertiary/aromatic N) is 1. The van der Waals surface area contributed by atoms with Crippen molar-refractivity contribution in [3.8, 4) is 5.75 Å². The number of unbranched alkanes of at least 4 members (excludes halogenated alkanes) is 1. The van der Waals surface area contributed by atoms with Crippen LogP contribution in [0.25, 0.3) is 0 Å². The number of benzene rings is 2. The fourth-order valence-corrected chi connectivity index (χ4v) is 4.10. The smallest absolute Gasteiger partial charge is 0.258 e. The summed E-state index contributed by atoms with van der Waals surface area (Å²) in [6.07, 6.45) is 5.09. The molecule has 0 radical (unpaired) electrons. The van der Waals surface area contributed by atoms with E-state index < -0.39 is 11.7 Å². The third-order valence-electron chi connectivity index (χ3n) is 6.05. The maximum Gasteiger partial charge on any atom is 0.258 e. The quantitative estimate of drug-likeness (QED) is 0.171. The molecule has 0 saturated heterocycles. The molecule has 0 aliphatic carbocycles. The van der Waals surface area contributed by atoms with Crippen LogP contribution in [0.5, 0.6) is 5.75 Å². The molecule has 0 aliphatic heterocycles. The van der Waals surface area contributed by atoms with E-state index in [1.807, 2.05) is 18.2 Å². The number of carbonyl (C=O) groups is 1. The number of aliphatic imine (C=N–C) groups is 1. The normalized spacial score (nSPS) is 12.4. The number of carbonyl (C=O) groups excluding carboxylic acids is 1. The van der Waals surface area contributed by atoms with E-state index in [0.29, 0.717) is 24.9 Å². The van der Waals surface area contributed by atoms with Crippen molar-refractivity contribution in [3.05, 3.63) is 63.4 Å². The molecule has 1 unspecified atom stereocenters. The molecule has 1 atom stereocenters. The fraction of sp³-hybridized carbons (Fsp3) is 0.481. The van der Waals surface area contributed by atoms with Gasteiger partial charge in [0.25, 0.3) is 5.91 Å². The molecule has 0 aliphatic rings. The van der Waals surface area contributed by atoms with Gasteiger partial charge in [-0.15, -0.1) is 0 Å². The van der Waals surface area contributed by atoms with Gasteiger partial charge in [0.1, 0.15) is 11.6 Å². The van der Waals surface area contributed by atoms with Crippen molar-refractivity contribution in [2.24, 2.45) is 16.6 Å². The van der Waals surface area contributed by atoms with Crippen LogP contribution >= 0.6 is 15.9 Å². The standard InChI is InChI=1S/C27H38BrFN4O2/c1-4-19(2)14-17-31-15-5-6-16-32-27(30)33-26(34)23-8-7-9-24(29)22(23)12-10-20-18-21(28)11-13-25(20)35-3/h7-9,11,13,18-19,31H,4-6,10,12,14-17H2,1-3H3,(H3,30,32,33,34). The summed E-state index contributed by atoms with van der Waals surface area (Å²) in [6.45, 7) is 6.97. The van der Waals surface area contributed by atoms with Gasteiger partial charge in [-0.05, 0) is 87.0 Å². The van der Waals surface area contributed by atoms with Crippen LogP contribution in [0.15, 0.2) is 45.9 Å². The average molecular weight is 550 g/mol. The number of hydrogen-bond acceptors (Lipinski definition) is 4. The highest BCUT2D eigenvalue weighted by molar-refractivity contribution is 9.10. The van der Waals surface area contributed by atoms with Crippen LogP contribution in [0.2, 0.25) is 0 Å². The van der Waals surface area contributed by atoms with Crippen molar-refractivity contribution in [3.63, 3.8) is 0 Å². The molecule has 0 heterocycles. The number of aryl methyl sites for hydroxylation is 1. The summed E-state index contributed by atoms with van der Waals surface area (Å²) >= 11 is 3.46. The Hall–Kier alpha value is -2.45. The first-order valence-corrected chi connectivity index (χ1v) is 13.1. The highest BCUT2D eigenvalue weighted by atomic mass is 79.9. The number of rotatable bonds is 14. The van der Waals surface area contributed by atoms with E-state index in [1.165, 1.54) is 25.0 Å². The van der Waals surface area contributed by atoms with Gasteiger partial charge in [0.05, 0.1) is 7.11 Å². The molecule has 0 fully saturated rings. The SMILES string of the molecule is CCC(C)CCNCCCCN=C(N)NC(=O)c1cccc(F)c1CCc1cc(Br)ccc1OC. The monoisotopic (exact) mass is 548 g/mol. The number of amides is 1. The molecule has 4 N–H and O–H groups in total. The third kappa shape index (κ3) is 9.98. The molecule has 1 amide bonds. The molecule has 192 valence electrons. The Morgan fingerprint density at radius 3 is 2.74 bits per heavy atom. The summed E-state index contributed by atoms with van der Waals surface area (Å²) in [5.41, 5.74) is 7.43. The highest BCUT2D eigenvalue weighted by Gasteiger charge is 2.17. The summed E-state index contributed by atoms with van der Waals surface area (Å²) in [5, 5.41) is 6.04. The summed E-state index contributed by atoms with van der Waals surface area (Å²) in [7, 11) is 1.60. The zero-order chi connectivity index (χ0) is 25.6. The number of nitrogens with one attached hydrogen (secondary N) is 2. The van der Waals surface area contributed by atoms with E-state index in [4.69, 9.17) is 10.5 Å². The second kappa shape index (κ2) is 15.5. The molecular formula is C27H38BrFN4O2. The number of halogens is 2. The summed E-state index contributed by atoms with van der Waals surface area (Å²) < 4.78 is 21.0. The first-order chi connectivity index (χ1) is 16.8. The second-order valence-corrected chi connectivity index (χ2v) is 9.62. The molecule has 0 bridgehead atoms. The van der Waals surface area contributed by atoms with Gasteiger partial charge in [-0.3, -0.25) is 15.1 Å². The Bertz CT molecular complexity index is 984. The van der Waals surface area contributed by atoms with Gasteiger partial charge >= 0.3 is 0 Å². The zero-order valence-electron chi connectivity index (χ0n) is 21.0. The predicted molar refractivity (Wildman–Crippen MR) is 145 cm³/mol. The van der Waals surface area contributed by atoms with Gasteiger partial charge in [-0.2, -0.15) is 0 Å². The highest BCUT2D eigenvalue weighted by Crippen LogP contribution is 2.25. The molecule has 6 nitrogen and oxygen atoms in total. The largest absolute Gasteiger partial charge is 0.496 e. The fourth-order valence-electron chi connectivity index (χ4n) is 3.69. The first kappa shape index (κ1) is 28.8. The van der Waals surface area contributed by atoms with Gasteiger partial charge in [0.15, 0.2) is 5.96 Å². The van der Waals surface area contributed by atoms with Gasteiger partial charge in [-0.25, -0.2) is 4.39 Å². The van der Waals surface area contributed by atoms with Gasteiger partial charge in [0.2, 0.25) is 0 Å². The number of methoxy groups -OCH3 is 1. The van der Waals surface area contributed by atoms with E-state index in [0.717, 1.165) is 47.6 Å². The third-order valence-corrected chi connectivity index (χ3v) is 6.54. The molecule has 0 aromatic heterocycles. The van der Waals surface area contributed by atoms with Crippen LogP contribution in [0.3, 0.4) is 0 Å². The first-order valence-electron chi connectivity index (χ1n) is 12.3. The molecule has 2 aromatic carbocycles. The Morgan fingerprint density at radius 2 is 2.00 bits per heavy atom. The minimum Gasteiger partial charge on any atom is -0.496 e. The number of guanidine groups is 1. The lowest BCUT2D eigenvalue weighted by molar-refractivity contribution is 0.0975. The average Bonchev–Trinajstić information content (AvgIpc) is 2.84. The lowest BCUT2D eigenvalue weighted by atomic mass is 9.98. The topological polar surface area (TPSA) is 88.7 Å². The van der Waals surface area contributed by atoms with E-state index in [2.05, 4.69) is 45.4 Å². The van der Waals surface area contributed by atoms with Crippen molar-refractivity contribution < 1.29 is 13.9 Å². The summed E-state index contributed by atoms with van der Waals surface area (Å²) in [5.74, 6) is 0.621. The van der Waals surface area contributed by atoms with Crippen molar-refractivity contribution in [1.82, 2.24) is 10.6 Å². The Kier molecular flexibility index (Phi) is 12.8. The Balaban J connectivity index is 1.88.